The number of aryl methyl sites for hydroxylation is 3. The van der Waals surface area contributed by atoms with Gasteiger partial charge in [0.1, 0.15) is 0 Å². The molecule has 0 bridgehead atoms. The number of rotatable bonds is 8. The molecule has 1 aliphatic rings. The van der Waals surface area contributed by atoms with Gasteiger partial charge in [0.15, 0.2) is 9.84 Å². The molecule has 0 unspecified atom stereocenters. The van der Waals surface area contributed by atoms with Gasteiger partial charge in [-0.2, -0.15) is 0 Å². The third-order valence-electron chi connectivity index (χ3n) is 6.93. The summed E-state index contributed by atoms with van der Waals surface area (Å²) in [6.07, 6.45) is 3.26. The lowest BCUT2D eigenvalue weighted by Gasteiger charge is -2.36. The second kappa shape index (κ2) is 11.3. The summed E-state index contributed by atoms with van der Waals surface area (Å²) in [6.45, 7) is 8.81. The van der Waals surface area contributed by atoms with Crippen molar-refractivity contribution in [3.05, 3.63) is 94.5 Å². The summed E-state index contributed by atoms with van der Waals surface area (Å²) < 4.78 is 26.4. The van der Waals surface area contributed by atoms with E-state index in [9.17, 15) is 13.2 Å². The lowest BCUT2D eigenvalue weighted by atomic mass is 10.1. The highest BCUT2D eigenvalue weighted by molar-refractivity contribution is 7.90. The van der Waals surface area contributed by atoms with Crippen LogP contribution in [0.5, 0.6) is 0 Å². The molecule has 1 saturated heterocycles. The summed E-state index contributed by atoms with van der Waals surface area (Å²) >= 11 is 0. The van der Waals surface area contributed by atoms with Gasteiger partial charge in [-0.25, -0.2) is 8.42 Å². The minimum Gasteiger partial charge on any atom is -0.368 e. The van der Waals surface area contributed by atoms with Gasteiger partial charge in [0.05, 0.1) is 10.6 Å². The Kier molecular flexibility index (Phi) is 8.14. The van der Waals surface area contributed by atoms with Crippen molar-refractivity contribution in [1.82, 2.24) is 4.90 Å². The Labute approximate surface area is 215 Å². The van der Waals surface area contributed by atoms with Crippen LogP contribution in [0.3, 0.4) is 0 Å². The monoisotopic (exact) mass is 504 g/mol. The van der Waals surface area contributed by atoms with Gasteiger partial charge in [0.25, 0.3) is 5.91 Å². The van der Waals surface area contributed by atoms with E-state index in [0.29, 0.717) is 18.7 Å². The van der Waals surface area contributed by atoms with Crippen LogP contribution in [0, 0.1) is 13.8 Å². The van der Waals surface area contributed by atoms with E-state index in [1.54, 1.807) is 18.2 Å². The fraction of sp³-hybridized carbons (Fsp3) is 0.367. The normalized spacial score (nSPS) is 14.2. The third kappa shape index (κ3) is 6.16. The number of carbonyl (C=O) groups excluding carboxylic acids is 1. The summed E-state index contributed by atoms with van der Waals surface area (Å²) in [5.74, 6) is -0.180. The maximum absolute atomic E-state index is 13.4. The van der Waals surface area contributed by atoms with E-state index >= 15 is 0 Å². The molecule has 1 heterocycles. The molecular formula is C30H36N2O3S. The van der Waals surface area contributed by atoms with E-state index in [-0.39, 0.29) is 16.6 Å². The first kappa shape index (κ1) is 26.0. The number of benzene rings is 3. The Hall–Kier alpha value is -3.12. The Bertz CT molecular complexity index is 1310. The molecule has 0 saturated carbocycles. The highest BCUT2D eigenvalue weighted by Crippen LogP contribution is 2.23. The van der Waals surface area contributed by atoms with Crippen LogP contribution in [0.1, 0.15) is 52.4 Å². The van der Waals surface area contributed by atoms with E-state index in [0.717, 1.165) is 43.5 Å². The molecule has 3 aromatic carbocycles. The number of carbonyl (C=O) groups is 1. The number of amides is 1. The SMILES string of the molecule is CCCCc1ccc(CS(=O)(=O)c2ccc(C)c(C(=O)N3CCN(c4cccc(C)c4)CC3)c2)cc1. The zero-order valence-corrected chi connectivity index (χ0v) is 22.4. The second-order valence-corrected chi connectivity index (χ2v) is 11.8. The van der Waals surface area contributed by atoms with Crippen LogP contribution in [-0.2, 0) is 22.0 Å². The first-order valence-electron chi connectivity index (χ1n) is 12.8. The quantitative estimate of drug-likeness (QED) is 0.402. The van der Waals surface area contributed by atoms with Crippen LogP contribution in [0.25, 0.3) is 0 Å². The number of hydrogen-bond donors (Lipinski definition) is 0. The molecular weight excluding hydrogens is 468 g/mol. The molecule has 1 aliphatic heterocycles. The average Bonchev–Trinajstić information content (AvgIpc) is 2.88. The highest BCUT2D eigenvalue weighted by atomic mass is 32.2. The molecule has 0 spiro atoms. The highest BCUT2D eigenvalue weighted by Gasteiger charge is 2.25. The van der Waals surface area contributed by atoms with Gasteiger partial charge in [0, 0.05) is 37.4 Å². The molecule has 4 rings (SSSR count). The van der Waals surface area contributed by atoms with Crippen LogP contribution in [0.15, 0.2) is 71.6 Å². The minimum atomic E-state index is -3.57. The molecule has 6 heteroatoms. The maximum atomic E-state index is 13.4. The zero-order valence-electron chi connectivity index (χ0n) is 21.5. The Balaban J connectivity index is 1.45. The molecule has 1 fully saturated rings. The van der Waals surface area contributed by atoms with E-state index in [1.165, 1.54) is 16.8 Å². The van der Waals surface area contributed by atoms with Gasteiger partial charge < -0.3 is 9.80 Å². The number of piperazine rings is 1. The second-order valence-electron chi connectivity index (χ2n) is 9.77. The molecule has 0 aliphatic carbocycles. The summed E-state index contributed by atoms with van der Waals surface area (Å²) in [7, 11) is -3.57. The largest absolute Gasteiger partial charge is 0.368 e. The van der Waals surface area contributed by atoms with E-state index in [1.807, 2.05) is 36.1 Å². The van der Waals surface area contributed by atoms with Crippen molar-refractivity contribution in [1.29, 1.82) is 0 Å². The van der Waals surface area contributed by atoms with Crippen LogP contribution in [0.2, 0.25) is 0 Å². The lowest BCUT2D eigenvalue weighted by Crippen LogP contribution is -2.49. The van der Waals surface area contributed by atoms with Crippen LogP contribution >= 0.6 is 0 Å². The van der Waals surface area contributed by atoms with E-state index in [4.69, 9.17) is 0 Å². The van der Waals surface area contributed by atoms with Crippen molar-refractivity contribution in [3.8, 4) is 0 Å². The van der Waals surface area contributed by atoms with Gasteiger partial charge in [-0.15, -0.1) is 0 Å². The molecule has 1 amide bonds. The summed E-state index contributed by atoms with van der Waals surface area (Å²) in [4.78, 5) is 17.7. The average molecular weight is 505 g/mol. The van der Waals surface area contributed by atoms with Crippen LogP contribution in [0.4, 0.5) is 5.69 Å². The molecule has 5 nitrogen and oxygen atoms in total. The number of nitrogens with zero attached hydrogens (tertiary/aromatic N) is 2. The van der Waals surface area contributed by atoms with Crippen LogP contribution in [-0.4, -0.2) is 45.4 Å². The van der Waals surface area contributed by atoms with Crippen molar-refractivity contribution < 1.29 is 13.2 Å². The fourth-order valence-electron chi connectivity index (χ4n) is 4.67. The van der Waals surface area contributed by atoms with E-state index in [2.05, 4.69) is 43.0 Å². The summed E-state index contributed by atoms with van der Waals surface area (Å²) in [5.41, 5.74) is 5.63. The third-order valence-corrected chi connectivity index (χ3v) is 8.62. The Morgan fingerprint density at radius 1 is 0.861 bits per heavy atom. The zero-order chi connectivity index (χ0) is 25.7. The number of sulfone groups is 1. The lowest BCUT2D eigenvalue weighted by molar-refractivity contribution is 0.0746. The fourth-order valence-corrected chi connectivity index (χ4v) is 6.04. The van der Waals surface area contributed by atoms with Gasteiger partial charge in [-0.05, 0) is 73.2 Å². The molecule has 190 valence electrons. The standard InChI is InChI=1S/C30H36N2O3S/c1-4-5-8-25-11-13-26(14-12-25)22-36(34,35)28-15-10-24(3)29(21-28)30(33)32-18-16-31(17-19-32)27-9-6-7-23(2)20-27/h6-7,9-15,20-21H,4-5,8,16-19,22H2,1-3H3. The molecule has 0 atom stereocenters. The molecule has 0 N–H and O–H groups in total. The van der Waals surface area contributed by atoms with Gasteiger partial charge >= 0.3 is 0 Å². The van der Waals surface area contributed by atoms with Crippen molar-refractivity contribution in [2.45, 2.75) is 50.7 Å². The molecule has 0 radical (unpaired) electrons. The topological polar surface area (TPSA) is 57.7 Å². The Morgan fingerprint density at radius 2 is 1.56 bits per heavy atom. The maximum Gasteiger partial charge on any atom is 0.254 e. The first-order chi connectivity index (χ1) is 17.3. The first-order valence-corrected chi connectivity index (χ1v) is 14.4. The van der Waals surface area contributed by atoms with Crippen molar-refractivity contribution in [2.75, 3.05) is 31.1 Å². The number of hydrogen-bond acceptors (Lipinski definition) is 4. The predicted molar refractivity (Wildman–Crippen MR) is 146 cm³/mol. The number of anilines is 1. The predicted octanol–water partition coefficient (Wildman–Crippen LogP) is 5.58. The molecule has 3 aromatic rings. The molecule has 36 heavy (non-hydrogen) atoms. The van der Waals surface area contributed by atoms with Crippen molar-refractivity contribution in [2.24, 2.45) is 0 Å². The van der Waals surface area contributed by atoms with Gasteiger partial charge in [-0.1, -0.05) is 55.8 Å². The van der Waals surface area contributed by atoms with Crippen molar-refractivity contribution in [3.63, 3.8) is 0 Å². The number of unbranched alkanes of at least 4 members (excludes halogenated alkanes) is 1. The summed E-state index contributed by atoms with van der Waals surface area (Å²) in [6, 6.07) is 21.2. The summed E-state index contributed by atoms with van der Waals surface area (Å²) in [5, 5.41) is 0. The van der Waals surface area contributed by atoms with Crippen molar-refractivity contribution >= 4 is 21.4 Å². The van der Waals surface area contributed by atoms with E-state index < -0.39 is 9.84 Å². The Morgan fingerprint density at radius 3 is 2.22 bits per heavy atom. The van der Waals surface area contributed by atoms with Crippen LogP contribution < -0.4 is 4.90 Å². The smallest absolute Gasteiger partial charge is 0.254 e. The minimum absolute atomic E-state index is 0.0765. The molecule has 0 aromatic heterocycles. The van der Waals surface area contributed by atoms with Gasteiger partial charge in [-0.3, -0.25) is 4.79 Å². The van der Waals surface area contributed by atoms with Gasteiger partial charge in [0.2, 0.25) is 0 Å².